The van der Waals surface area contributed by atoms with Crippen LogP contribution in [0.2, 0.25) is 18.1 Å². The Labute approximate surface area is 300 Å². The number of H-pyrrole nitrogens is 1. The summed E-state index contributed by atoms with van der Waals surface area (Å²) in [6, 6.07) is 0. The molecular formula is C26H39N11O13P2Si. The minimum atomic E-state index is -5.08. The number of nitrogens with two attached hydrogens (primary N) is 2. The van der Waals surface area contributed by atoms with E-state index >= 15 is 0 Å². The van der Waals surface area contributed by atoms with Gasteiger partial charge in [0.05, 0.1) is 25.9 Å². The summed E-state index contributed by atoms with van der Waals surface area (Å²) in [6.45, 7) is 8.49. The summed E-state index contributed by atoms with van der Waals surface area (Å²) in [5.74, 6) is -0.252. The van der Waals surface area contributed by atoms with Gasteiger partial charge in [0.2, 0.25) is 5.95 Å². The summed E-state index contributed by atoms with van der Waals surface area (Å²) >= 11 is 0. The number of fused-ring (bicyclic) bond motifs is 5. The summed E-state index contributed by atoms with van der Waals surface area (Å²) in [4.78, 5) is 49.7. The van der Waals surface area contributed by atoms with Crippen molar-refractivity contribution in [3.05, 3.63) is 23.0 Å². The molecule has 7 N–H and O–H groups in total. The van der Waals surface area contributed by atoms with E-state index in [9.17, 15) is 23.7 Å². The van der Waals surface area contributed by atoms with Crippen LogP contribution in [0.4, 0.5) is 11.8 Å². The lowest BCUT2D eigenvalue weighted by molar-refractivity contribution is -0.0673. The summed E-state index contributed by atoms with van der Waals surface area (Å²) < 4.78 is 77.6. The molecule has 27 heteroatoms. The third-order valence-corrected chi connectivity index (χ3v) is 16.1. The molecule has 0 amide bonds. The van der Waals surface area contributed by atoms with Crippen LogP contribution in [0.5, 0.6) is 0 Å². The highest BCUT2D eigenvalue weighted by Gasteiger charge is 2.56. The second-order valence-electron chi connectivity index (χ2n) is 14.1. The lowest BCUT2D eigenvalue weighted by Crippen LogP contribution is -2.49. The van der Waals surface area contributed by atoms with E-state index in [-0.39, 0.29) is 39.1 Å². The number of hydrogen-bond acceptors (Lipinski definition) is 19. The standard InChI is InChI=1S/C26H39N11O13P2Si/c1-26(2,3)53(5,6)50-18-16-12(47-24(18)37-9-29-13-19(27)33-35-34-21(13)37)8-45-52(41,42)49-17-15(43-4)11(7-44-51(39,40)48-16)46-23(17)36-10-30-14-20(36)31-25(28)32-22(14)38/h9-12,15-18,23-24H,7-8H2,1-6H3,(H,39,40)(H,41,42)(H2,27,33,34)(H3,28,31,32,38)/t11-,12-,15-,16-,17-,18?,23-,24-/m1/s1. The molecule has 3 aliphatic rings. The van der Waals surface area contributed by atoms with E-state index in [1.165, 1.54) is 28.9 Å². The minimum Gasteiger partial charge on any atom is -0.407 e. The number of phosphoric acid groups is 2. The lowest BCUT2D eigenvalue weighted by Gasteiger charge is -2.40. The topological polar surface area (TPSA) is 321 Å². The predicted octanol–water partition coefficient (Wildman–Crippen LogP) is 0.737. The second kappa shape index (κ2) is 13.5. The lowest BCUT2D eigenvalue weighted by atomic mass is 10.1. The Morgan fingerprint density at radius 1 is 0.906 bits per heavy atom. The molecule has 4 aromatic heterocycles. The average molecular weight is 804 g/mol. The number of nitrogen functional groups attached to an aromatic ring is 2. The van der Waals surface area contributed by atoms with Crippen LogP contribution in [0.1, 0.15) is 33.2 Å². The number of nitrogens with zero attached hydrogens (tertiary/aromatic N) is 8. The van der Waals surface area contributed by atoms with Crippen molar-refractivity contribution in [2.24, 2.45) is 0 Å². The van der Waals surface area contributed by atoms with Crippen LogP contribution < -0.4 is 17.0 Å². The molecule has 7 heterocycles. The minimum absolute atomic E-state index is 0.0124. The average Bonchev–Trinajstić information content (AvgIpc) is 3.82. The Morgan fingerprint density at radius 2 is 1.51 bits per heavy atom. The van der Waals surface area contributed by atoms with Crippen molar-refractivity contribution >= 4 is 58.1 Å². The molecule has 7 rings (SSSR count). The van der Waals surface area contributed by atoms with Crippen molar-refractivity contribution in [1.82, 2.24) is 44.5 Å². The van der Waals surface area contributed by atoms with Gasteiger partial charge in [0, 0.05) is 7.11 Å². The van der Waals surface area contributed by atoms with Crippen LogP contribution in [0, 0.1) is 0 Å². The van der Waals surface area contributed by atoms with E-state index in [1.54, 1.807) is 0 Å². The zero-order valence-corrected chi connectivity index (χ0v) is 32.0. The normalized spacial score (nSPS) is 34.5. The molecule has 290 valence electrons. The molecule has 53 heavy (non-hydrogen) atoms. The van der Waals surface area contributed by atoms with Gasteiger partial charge in [-0.05, 0) is 23.3 Å². The maximum Gasteiger partial charge on any atom is 0.472 e. The first-order chi connectivity index (χ1) is 24.8. The zero-order valence-electron chi connectivity index (χ0n) is 29.2. The largest absolute Gasteiger partial charge is 0.472 e. The van der Waals surface area contributed by atoms with Gasteiger partial charge < -0.3 is 39.9 Å². The summed E-state index contributed by atoms with van der Waals surface area (Å²) in [5, 5.41) is 11.1. The van der Waals surface area contributed by atoms with Gasteiger partial charge >= 0.3 is 15.6 Å². The van der Waals surface area contributed by atoms with Crippen molar-refractivity contribution in [1.29, 1.82) is 0 Å². The van der Waals surface area contributed by atoms with E-state index in [0.717, 1.165) is 0 Å². The first-order valence-electron chi connectivity index (χ1n) is 16.2. The van der Waals surface area contributed by atoms with Gasteiger partial charge in [-0.3, -0.25) is 37.0 Å². The number of methoxy groups -OCH3 is 1. The number of anilines is 2. The van der Waals surface area contributed by atoms with Crippen LogP contribution >= 0.6 is 15.6 Å². The van der Waals surface area contributed by atoms with Gasteiger partial charge in [-0.1, -0.05) is 20.8 Å². The molecule has 0 spiro atoms. The van der Waals surface area contributed by atoms with Crippen molar-refractivity contribution < 1.29 is 55.6 Å². The fraction of sp³-hybridized carbons (Fsp3) is 0.654. The predicted molar refractivity (Wildman–Crippen MR) is 182 cm³/mol. The zero-order chi connectivity index (χ0) is 38.2. The number of aromatic amines is 1. The highest BCUT2D eigenvalue weighted by molar-refractivity contribution is 7.47. The SMILES string of the molecule is CO[C@H]1[C@H]2OP(=O)(O)OC[C@H]3O[C@@H](n4cnc5c(N)nnnc54)C(O[Si](C)(C)C(C)(C)C)[C@@H]3OP(=O)(O)OC[C@H]1O[C@H]2n1cnc2c(=O)[nH]c(N)nc21. The van der Waals surface area contributed by atoms with E-state index in [4.69, 9.17) is 48.2 Å². The Kier molecular flexibility index (Phi) is 9.66. The number of nitrogens with one attached hydrogen (secondary N) is 1. The molecule has 3 fully saturated rings. The number of hydrogen-bond donors (Lipinski definition) is 5. The van der Waals surface area contributed by atoms with E-state index in [0.29, 0.717) is 0 Å². The maximum absolute atomic E-state index is 13.8. The van der Waals surface area contributed by atoms with Gasteiger partial charge in [0.1, 0.15) is 36.6 Å². The fourth-order valence-corrected chi connectivity index (χ4v) is 9.29. The van der Waals surface area contributed by atoms with Gasteiger partial charge in [-0.25, -0.2) is 19.1 Å². The molecule has 3 unspecified atom stereocenters. The van der Waals surface area contributed by atoms with E-state index in [1.807, 2.05) is 33.9 Å². The second-order valence-corrected chi connectivity index (χ2v) is 21.7. The monoisotopic (exact) mass is 803 g/mol. The summed E-state index contributed by atoms with van der Waals surface area (Å²) in [5.41, 5.74) is 11.3. The van der Waals surface area contributed by atoms with E-state index < -0.39 is 91.8 Å². The molecule has 0 radical (unpaired) electrons. The fourth-order valence-electron chi connectivity index (χ4n) is 6.11. The van der Waals surface area contributed by atoms with Crippen molar-refractivity contribution in [2.45, 2.75) is 88.0 Å². The highest BCUT2D eigenvalue weighted by Crippen LogP contribution is 2.55. The molecule has 0 aliphatic carbocycles. The van der Waals surface area contributed by atoms with E-state index in [2.05, 4.69) is 35.3 Å². The Hall–Kier alpha value is -3.29. The van der Waals surface area contributed by atoms with Gasteiger partial charge in [0.25, 0.3) is 5.56 Å². The van der Waals surface area contributed by atoms with Crippen molar-refractivity contribution in [3.8, 4) is 0 Å². The van der Waals surface area contributed by atoms with Crippen molar-refractivity contribution in [2.75, 3.05) is 31.8 Å². The molecule has 0 saturated carbocycles. The smallest absolute Gasteiger partial charge is 0.407 e. The highest BCUT2D eigenvalue weighted by atomic mass is 31.2. The molecule has 0 aromatic carbocycles. The Morgan fingerprint density at radius 3 is 2.17 bits per heavy atom. The number of ether oxygens (including phenoxy) is 3. The molecule has 24 nitrogen and oxygen atoms in total. The number of phosphoric ester groups is 2. The quantitative estimate of drug-likeness (QED) is 0.137. The summed E-state index contributed by atoms with van der Waals surface area (Å²) in [6.07, 6.45) is -7.89. The Bertz CT molecular complexity index is 2180. The molecule has 2 bridgehead atoms. The first kappa shape index (κ1) is 38.0. The van der Waals surface area contributed by atoms with Crippen LogP contribution in [0.3, 0.4) is 0 Å². The summed E-state index contributed by atoms with van der Waals surface area (Å²) in [7, 11) is -11.6. The number of imidazole rings is 2. The maximum atomic E-state index is 13.8. The number of aromatic nitrogens is 9. The van der Waals surface area contributed by atoms with Gasteiger partial charge in [-0.15, -0.1) is 10.2 Å². The molecule has 3 aliphatic heterocycles. The van der Waals surface area contributed by atoms with Gasteiger partial charge in [0.15, 0.2) is 48.9 Å². The van der Waals surface area contributed by atoms with Gasteiger partial charge in [-0.2, -0.15) is 4.98 Å². The Balaban J connectivity index is 1.27. The third kappa shape index (κ3) is 7.06. The van der Waals surface area contributed by atoms with Crippen LogP contribution in [-0.4, -0.2) is 120 Å². The third-order valence-electron chi connectivity index (χ3n) is 9.69. The molecular weight excluding hydrogens is 764 g/mol. The molecule has 3 saturated heterocycles. The number of rotatable bonds is 5. The molecule has 4 aromatic rings. The first-order valence-corrected chi connectivity index (χ1v) is 22.1. The van der Waals surface area contributed by atoms with Crippen LogP contribution in [-0.2, 0) is 45.9 Å². The molecule has 10 atom stereocenters. The van der Waals surface area contributed by atoms with Crippen LogP contribution in [0.25, 0.3) is 22.3 Å². The van der Waals surface area contributed by atoms with Crippen molar-refractivity contribution in [3.63, 3.8) is 0 Å². The van der Waals surface area contributed by atoms with Crippen LogP contribution in [0.15, 0.2) is 17.4 Å².